The van der Waals surface area contributed by atoms with Gasteiger partial charge in [-0.2, -0.15) is 10.4 Å². The van der Waals surface area contributed by atoms with E-state index in [0.717, 1.165) is 39.5 Å². The van der Waals surface area contributed by atoms with E-state index >= 15 is 0 Å². The smallest absolute Gasteiger partial charge is 0.153 e. The highest BCUT2D eigenvalue weighted by molar-refractivity contribution is 5.82. The lowest BCUT2D eigenvalue weighted by Gasteiger charge is -2.08. The number of nitrogens with zero attached hydrogens (tertiary/aromatic N) is 6. The van der Waals surface area contributed by atoms with E-state index in [2.05, 4.69) is 26.6 Å². The molecule has 3 heterocycles. The van der Waals surface area contributed by atoms with Crippen LogP contribution in [0.15, 0.2) is 79.1 Å². The largest absolute Gasteiger partial charge is 0.339 e. The summed E-state index contributed by atoms with van der Waals surface area (Å²) in [5.41, 5.74) is 5.65. The molecule has 2 aromatic carbocycles. The number of hydrogen-bond donors (Lipinski definition) is 1. The standard InChI is InChI=1S/C24H17N7/c1-16-9-12-23(30-29-16)27-18-10-11-22-21(13-18)26-15-31(22)24-8-4-7-20(28-24)19-6-3-2-5-17(19)14-25/h2-13,15H,1H3,(H,27,30). The Morgan fingerprint density at radius 2 is 1.84 bits per heavy atom. The molecule has 0 spiro atoms. The molecule has 7 nitrogen and oxygen atoms in total. The Bertz CT molecular complexity index is 1430. The maximum absolute atomic E-state index is 9.41. The van der Waals surface area contributed by atoms with E-state index < -0.39 is 0 Å². The Morgan fingerprint density at radius 3 is 2.68 bits per heavy atom. The van der Waals surface area contributed by atoms with Crippen LogP contribution >= 0.6 is 0 Å². The summed E-state index contributed by atoms with van der Waals surface area (Å²) in [6.45, 7) is 1.90. The van der Waals surface area contributed by atoms with Crippen LogP contribution in [-0.4, -0.2) is 24.7 Å². The quantitative estimate of drug-likeness (QED) is 0.463. The zero-order chi connectivity index (χ0) is 21.2. The van der Waals surface area contributed by atoms with E-state index in [1.54, 1.807) is 12.4 Å². The van der Waals surface area contributed by atoms with Gasteiger partial charge in [0, 0.05) is 11.3 Å². The van der Waals surface area contributed by atoms with E-state index in [9.17, 15) is 5.26 Å². The summed E-state index contributed by atoms with van der Waals surface area (Å²) < 4.78 is 1.93. The summed E-state index contributed by atoms with van der Waals surface area (Å²) in [5, 5.41) is 20.9. The summed E-state index contributed by atoms with van der Waals surface area (Å²) in [5.74, 6) is 1.41. The Morgan fingerprint density at radius 1 is 0.935 bits per heavy atom. The first kappa shape index (κ1) is 18.5. The first-order chi connectivity index (χ1) is 15.2. The molecule has 0 saturated heterocycles. The van der Waals surface area contributed by atoms with Crippen LogP contribution < -0.4 is 5.32 Å². The van der Waals surface area contributed by atoms with E-state index in [-0.39, 0.29) is 0 Å². The molecule has 7 heteroatoms. The van der Waals surface area contributed by atoms with Crippen molar-refractivity contribution in [3.63, 3.8) is 0 Å². The van der Waals surface area contributed by atoms with Crippen molar-refractivity contribution in [3.8, 4) is 23.1 Å². The van der Waals surface area contributed by atoms with Crippen LogP contribution in [0.2, 0.25) is 0 Å². The van der Waals surface area contributed by atoms with Crippen molar-refractivity contribution in [1.82, 2.24) is 24.7 Å². The number of anilines is 2. The molecular formula is C24H17N7. The van der Waals surface area contributed by atoms with Crippen molar-refractivity contribution in [2.75, 3.05) is 5.32 Å². The molecule has 0 radical (unpaired) electrons. The molecule has 0 amide bonds. The molecule has 0 atom stereocenters. The minimum atomic E-state index is 0.595. The number of fused-ring (bicyclic) bond motifs is 1. The Hall–Kier alpha value is -4.57. The first-order valence-electron chi connectivity index (χ1n) is 9.73. The van der Waals surface area contributed by atoms with Gasteiger partial charge in [0.15, 0.2) is 5.82 Å². The van der Waals surface area contributed by atoms with Gasteiger partial charge in [-0.3, -0.25) is 4.57 Å². The molecule has 0 aliphatic rings. The lowest BCUT2D eigenvalue weighted by Crippen LogP contribution is -1.98. The van der Waals surface area contributed by atoms with Gasteiger partial charge in [-0.1, -0.05) is 24.3 Å². The van der Waals surface area contributed by atoms with Gasteiger partial charge in [-0.15, -0.1) is 5.10 Å². The normalized spacial score (nSPS) is 10.7. The number of hydrogen-bond acceptors (Lipinski definition) is 6. The monoisotopic (exact) mass is 403 g/mol. The van der Waals surface area contributed by atoms with Gasteiger partial charge in [0.05, 0.1) is 34.1 Å². The van der Waals surface area contributed by atoms with E-state index in [0.29, 0.717) is 11.4 Å². The van der Waals surface area contributed by atoms with Crippen molar-refractivity contribution >= 4 is 22.5 Å². The summed E-state index contributed by atoms with van der Waals surface area (Å²) in [6, 6.07) is 25.2. The number of nitriles is 1. The van der Waals surface area contributed by atoms with Crippen LogP contribution in [0, 0.1) is 18.3 Å². The number of nitrogens with one attached hydrogen (secondary N) is 1. The first-order valence-corrected chi connectivity index (χ1v) is 9.73. The highest BCUT2D eigenvalue weighted by atomic mass is 15.2. The van der Waals surface area contributed by atoms with Crippen molar-refractivity contribution in [2.45, 2.75) is 6.92 Å². The Balaban J connectivity index is 1.50. The maximum atomic E-state index is 9.41. The summed E-state index contributed by atoms with van der Waals surface area (Å²) in [4.78, 5) is 9.32. The fourth-order valence-electron chi connectivity index (χ4n) is 3.40. The second-order valence-corrected chi connectivity index (χ2v) is 7.04. The molecule has 5 rings (SSSR count). The lowest BCUT2D eigenvalue weighted by atomic mass is 10.1. The van der Waals surface area contributed by atoms with Gasteiger partial charge < -0.3 is 5.32 Å². The van der Waals surface area contributed by atoms with Crippen LogP contribution in [0.4, 0.5) is 11.5 Å². The van der Waals surface area contributed by atoms with Crippen molar-refractivity contribution < 1.29 is 0 Å². The highest BCUT2D eigenvalue weighted by Gasteiger charge is 2.10. The van der Waals surface area contributed by atoms with Gasteiger partial charge in [-0.25, -0.2) is 9.97 Å². The number of rotatable bonds is 4. The third-order valence-electron chi connectivity index (χ3n) is 4.92. The third-order valence-corrected chi connectivity index (χ3v) is 4.92. The number of pyridine rings is 1. The number of imidazole rings is 1. The van der Waals surface area contributed by atoms with Gasteiger partial charge in [0.1, 0.15) is 12.1 Å². The Labute approximate surface area is 178 Å². The lowest BCUT2D eigenvalue weighted by molar-refractivity contribution is 0.986. The number of aromatic nitrogens is 5. The summed E-state index contributed by atoms with van der Waals surface area (Å²) >= 11 is 0. The van der Waals surface area contributed by atoms with E-state index in [1.165, 1.54) is 0 Å². The van der Waals surface area contributed by atoms with E-state index in [4.69, 9.17) is 4.98 Å². The average molecular weight is 403 g/mol. The van der Waals surface area contributed by atoms with Gasteiger partial charge in [-0.05, 0) is 55.5 Å². The highest BCUT2D eigenvalue weighted by Crippen LogP contribution is 2.25. The molecule has 0 fully saturated rings. The van der Waals surface area contributed by atoms with E-state index in [1.807, 2.05) is 78.2 Å². The topological polar surface area (TPSA) is 92.3 Å². The minimum absolute atomic E-state index is 0.595. The zero-order valence-corrected chi connectivity index (χ0v) is 16.7. The molecule has 31 heavy (non-hydrogen) atoms. The molecule has 1 N–H and O–H groups in total. The molecule has 0 bridgehead atoms. The summed E-state index contributed by atoms with van der Waals surface area (Å²) in [7, 11) is 0. The number of aryl methyl sites for hydroxylation is 1. The van der Waals surface area contributed by atoms with Crippen LogP contribution in [0.3, 0.4) is 0 Å². The molecule has 5 aromatic rings. The average Bonchev–Trinajstić information content (AvgIpc) is 3.24. The fourth-order valence-corrected chi connectivity index (χ4v) is 3.40. The third kappa shape index (κ3) is 3.58. The molecular weight excluding hydrogens is 386 g/mol. The van der Waals surface area contributed by atoms with Crippen molar-refractivity contribution in [3.05, 3.63) is 90.4 Å². The second kappa shape index (κ2) is 7.69. The summed E-state index contributed by atoms with van der Waals surface area (Å²) in [6.07, 6.45) is 1.75. The zero-order valence-electron chi connectivity index (χ0n) is 16.7. The SMILES string of the molecule is Cc1ccc(Nc2ccc3c(c2)ncn3-c2cccc(-c3ccccc3C#N)n2)nn1. The van der Waals surface area contributed by atoms with Crippen molar-refractivity contribution in [2.24, 2.45) is 0 Å². The van der Waals surface area contributed by atoms with Crippen LogP contribution in [0.5, 0.6) is 0 Å². The fraction of sp³-hybridized carbons (Fsp3) is 0.0417. The molecule has 3 aromatic heterocycles. The molecule has 0 unspecified atom stereocenters. The predicted octanol–water partition coefficient (Wildman–Crippen LogP) is 4.80. The van der Waals surface area contributed by atoms with Gasteiger partial charge in [0.2, 0.25) is 0 Å². The maximum Gasteiger partial charge on any atom is 0.153 e. The van der Waals surface area contributed by atoms with Crippen LogP contribution in [0.25, 0.3) is 28.1 Å². The molecule has 0 saturated carbocycles. The van der Waals surface area contributed by atoms with Gasteiger partial charge in [0.25, 0.3) is 0 Å². The molecule has 0 aliphatic carbocycles. The van der Waals surface area contributed by atoms with Crippen LogP contribution in [0.1, 0.15) is 11.3 Å². The van der Waals surface area contributed by atoms with Gasteiger partial charge >= 0.3 is 0 Å². The predicted molar refractivity (Wildman–Crippen MR) is 119 cm³/mol. The second-order valence-electron chi connectivity index (χ2n) is 7.04. The van der Waals surface area contributed by atoms with Crippen LogP contribution in [-0.2, 0) is 0 Å². The molecule has 0 aliphatic heterocycles. The van der Waals surface area contributed by atoms with Crippen molar-refractivity contribution in [1.29, 1.82) is 5.26 Å². The molecule has 148 valence electrons. The minimum Gasteiger partial charge on any atom is -0.339 e. The number of benzene rings is 2. The Kier molecular flexibility index (Phi) is 4.58.